The van der Waals surface area contributed by atoms with Gasteiger partial charge in [-0.15, -0.1) is 11.6 Å². The Hall–Kier alpha value is -0.690. The molecule has 2 heteroatoms. The van der Waals surface area contributed by atoms with Gasteiger partial charge in [0.05, 0.1) is 7.11 Å². The highest BCUT2D eigenvalue weighted by Gasteiger charge is 2.23. The molecule has 0 bridgehead atoms. The Morgan fingerprint density at radius 3 is 2.56 bits per heavy atom. The Bertz CT molecular complexity index is 324. The van der Waals surface area contributed by atoms with E-state index in [-0.39, 0.29) is 5.41 Å². The molecule has 16 heavy (non-hydrogen) atoms. The highest BCUT2D eigenvalue weighted by Crippen LogP contribution is 2.32. The molecular weight excluding hydrogens is 220 g/mol. The third-order valence-electron chi connectivity index (χ3n) is 2.99. The van der Waals surface area contributed by atoms with Crippen LogP contribution < -0.4 is 4.74 Å². The van der Waals surface area contributed by atoms with E-state index in [9.17, 15) is 0 Å². The molecule has 1 unspecified atom stereocenters. The summed E-state index contributed by atoms with van der Waals surface area (Å²) in [5, 5.41) is 0. The molecule has 1 rings (SSSR count). The molecule has 1 atom stereocenters. The van der Waals surface area contributed by atoms with Crippen LogP contribution >= 0.6 is 11.6 Å². The fourth-order valence-corrected chi connectivity index (χ4v) is 2.34. The summed E-state index contributed by atoms with van der Waals surface area (Å²) in [5.41, 5.74) is 1.42. The molecule has 0 aliphatic carbocycles. The lowest BCUT2D eigenvalue weighted by Gasteiger charge is -2.27. The van der Waals surface area contributed by atoms with Crippen molar-refractivity contribution in [3.8, 4) is 5.75 Å². The van der Waals surface area contributed by atoms with Gasteiger partial charge < -0.3 is 4.74 Å². The minimum absolute atomic E-state index is 0.172. The largest absolute Gasteiger partial charge is 0.496 e. The number of para-hydroxylation sites is 1. The maximum atomic E-state index is 6.09. The summed E-state index contributed by atoms with van der Waals surface area (Å²) < 4.78 is 5.37. The topological polar surface area (TPSA) is 9.23 Å². The Balaban J connectivity index is 2.85. The Labute approximate surface area is 104 Å². The molecule has 90 valence electrons. The second kappa shape index (κ2) is 6.15. The van der Waals surface area contributed by atoms with Crippen molar-refractivity contribution < 1.29 is 4.74 Å². The molecule has 0 amide bonds. The number of methoxy groups -OCH3 is 1. The third kappa shape index (κ3) is 3.41. The maximum Gasteiger partial charge on any atom is 0.122 e. The van der Waals surface area contributed by atoms with E-state index in [0.717, 1.165) is 18.6 Å². The van der Waals surface area contributed by atoms with Crippen molar-refractivity contribution in [2.75, 3.05) is 13.0 Å². The van der Waals surface area contributed by atoms with Gasteiger partial charge in [-0.3, -0.25) is 0 Å². The molecule has 0 saturated carbocycles. The Morgan fingerprint density at radius 1 is 1.31 bits per heavy atom. The van der Waals surface area contributed by atoms with Gasteiger partial charge in [0.2, 0.25) is 0 Å². The second-order valence-corrected chi connectivity index (χ2v) is 4.95. The van der Waals surface area contributed by atoms with Gasteiger partial charge in [-0.2, -0.15) is 0 Å². The molecule has 0 aromatic heterocycles. The Kier molecular flexibility index (Phi) is 5.14. The summed E-state index contributed by atoms with van der Waals surface area (Å²) in [4.78, 5) is 0. The van der Waals surface area contributed by atoms with Gasteiger partial charge in [0.25, 0.3) is 0 Å². The summed E-state index contributed by atoms with van der Waals surface area (Å²) in [6, 6.07) is 8.19. The van der Waals surface area contributed by atoms with Crippen molar-refractivity contribution in [3.05, 3.63) is 29.8 Å². The molecule has 0 fully saturated rings. The van der Waals surface area contributed by atoms with Gasteiger partial charge in [0.15, 0.2) is 0 Å². The van der Waals surface area contributed by atoms with Crippen molar-refractivity contribution in [3.63, 3.8) is 0 Å². The average Bonchev–Trinajstić information content (AvgIpc) is 2.30. The van der Waals surface area contributed by atoms with Crippen LogP contribution in [0, 0.1) is 5.41 Å². The van der Waals surface area contributed by atoms with E-state index in [1.165, 1.54) is 12.0 Å². The number of hydrogen-bond acceptors (Lipinski definition) is 1. The number of hydrogen-bond donors (Lipinski definition) is 0. The van der Waals surface area contributed by atoms with Crippen LogP contribution in [0.4, 0.5) is 0 Å². The van der Waals surface area contributed by atoms with Crippen LogP contribution in [-0.4, -0.2) is 13.0 Å². The SMILES string of the molecule is CCCC(C)(CCl)Cc1ccccc1OC. The highest BCUT2D eigenvalue weighted by atomic mass is 35.5. The fraction of sp³-hybridized carbons (Fsp3) is 0.571. The van der Waals surface area contributed by atoms with Gasteiger partial charge in [-0.1, -0.05) is 38.5 Å². The summed E-state index contributed by atoms with van der Waals surface area (Å²) in [7, 11) is 1.72. The Morgan fingerprint density at radius 2 is 2.00 bits per heavy atom. The first-order valence-corrected chi connectivity index (χ1v) is 6.36. The summed E-state index contributed by atoms with van der Waals surface area (Å²) in [5.74, 6) is 1.66. The number of ether oxygens (including phenoxy) is 1. The van der Waals surface area contributed by atoms with Crippen molar-refractivity contribution in [1.29, 1.82) is 0 Å². The maximum absolute atomic E-state index is 6.09. The molecule has 0 N–H and O–H groups in total. The first kappa shape index (κ1) is 13.4. The van der Waals surface area contributed by atoms with Crippen molar-refractivity contribution in [2.24, 2.45) is 5.41 Å². The molecule has 0 radical (unpaired) electrons. The summed E-state index contributed by atoms with van der Waals surface area (Å²) >= 11 is 6.09. The molecule has 1 aromatic rings. The highest BCUT2D eigenvalue weighted by molar-refractivity contribution is 6.18. The number of alkyl halides is 1. The molecular formula is C14H21ClO. The van der Waals surface area contributed by atoms with E-state index in [0.29, 0.717) is 5.88 Å². The van der Waals surface area contributed by atoms with E-state index >= 15 is 0 Å². The van der Waals surface area contributed by atoms with E-state index in [1.807, 2.05) is 12.1 Å². The lowest BCUT2D eigenvalue weighted by Crippen LogP contribution is -2.21. The molecule has 0 aliphatic rings. The van der Waals surface area contributed by atoms with Crippen LogP contribution in [0.25, 0.3) is 0 Å². The first-order valence-electron chi connectivity index (χ1n) is 5.83. The molecule has 1 aromatic carbocycles. The van der Waals surface area contributed by atoms with E-state index in [1.54, 1.807) is 7.11 Å². The average molecular weight is 241 g/mol. The van der Waals surface area contributed by atoms with E-state index in [2.05, 4.69) is 26.0 Å². The zero-order valence-electron chi connectivity index (χ0n) is 10.4. The van der Waals surface area contributed by atoms with Crippen LogP contribution in [0.3, 0.4) is 0 Å². The van der Waals surface area contributed by atoms with Crippen LogP contribution in [0.2, 0.25) is 0 Å². The zero-order valence-corrected chi connectivity index (χ0v) is 11.2. The second-order valence-electron chi connectivity index (χ2n) is 4.68. The van der Waals surface area contributed by atoms with Gasteiger partial charge in [0, 0.05) is 5.88 Å². The number of benzene rings is 1. The summed E-state index contributed by atoms with van der Waals surface area (Å²) in [6.45, 7) is 4.45. The molecule has 0 saturated heterocycles. The predicted molar refractivity (Wildman–Crippen MR) is 70.4 cm³/mol. The van der Waals surface area contributed by atoms with Gasteiger partial charge >= 0.3 is 0 Å². The van der Waals surface area contributed by atoms with E-state index in [4.69, 9.17) is 16.3 Å². The molecule has 1 nitrogen and oxygen atoms in total. The minimum atomic E-state index is 0.172. The van der Waals surface area contributed by atoms with Crippen LogP contribution in [0.1, 0.15) is 32.3 Å². The van der Waals surface area contributed by atoms with Crippen molar-refractivity contribution >= 4 is 11.6 Å². The normalized spacial score (nSPS) is 14.5. The predicted octanol–water partition coefficient (Wildman–Crippen LogP) is 4.28. The molecule has 0 heterocycles. The lowest BCUT2D eigenvalue weighted by atomic mass is 9.81. The van der Waals surface area contributed by atoms with Crippen LogP contribution in [-0.2, 0) is 6.42 Å². The standard InChI is InChI=1S/C14H21ClO/c1-4-9-14(2,11-15)10-12-7-5-6-8-13(12)16-3/h5-8H,4,9-11H2,1-3H3. The van der Waals surface area contributed by atoms with E-state index < -0.39 is 0 Å². The van der Waals surface area contributed by atoms with Crippen LogP contribution in [0.5, 0.6) is 5.75 Å². The monoisotopic (exact) mass is 240 g/mol. The van der Waals surface area contributed by atoms with Crippen molar-refractivity contribution in [2.45, 2.75) is 33.1 Å². The third-order valence-corrected chi connectivity index (χ3v) is 3.63. The number of rotatable bonds is 6. The molecule has 0 spiro atoms. The number of halogens is 1. The fourth-order valence-electron chi connectivity index (χ4n) is 2.11. The first-order chi connectivity index (χ1) is 7.65. The van der Waals surface area contributed by atoms with Gasteiger partial charge in [0.1, 0.15) is 5.75 Å². The zero-order chi connectivity index (χ0) is 12.0. The quantitative estimate of drug-likeness (QED) is 0.675. The minimum Gasteiger partial charge on any atom is -0.496 e. The van der Waals surface area contributed by atoms with Crippen molar-refractivity contribution in [1.82, 2.24) is 0 Å². The van der Waals surface area contributed by atoms with Gasteiger partial charge in [-0.05, 0) is 29.9 Å². The van der Waals surface area contributed by atoms with Crippen LogP contribution in [0.15, 0.2) is 24.3 Å². The molecule has 0 aliphatic heterocycles. The lowest BCUT2D eigenvalue weighted by molar-refractivity contribution is 0.326. The smallest absolute Gasteiger partial charge is 0.122 e. The van der Waals surface area contributed by atoms with Gasteiger partial charge in [-0.25, -0.2) is 0 Å². The summed E-state index contributed by atoms with van der Waals surface area (Å²) in [6.07, 6.45) is 3.29.